The highest BCUT2D eigenvalue weighted by Crippen LogP contribution is 2.22. The van der Waals surface area contributed by atoms with Crippen molar-refractivity contribution in [1.29, 1.82) is 0 Å². The average Bonchev–Trinajstić information content (AvgIpc) is 2.93. The van der Waals surface area contributed by atoms with Crippen molar-refractivity contribution in [3.8, 4) is 0 Å². The van der Waals surface area contributed by atoms with E-state index in [1.807, 2.05) is 13.8 Å². The Bertz CT molecular complexity index is 500. The van der Waals surface area contributed by atoms with Gasteiger partial charge in [-0.3, -0.25) is 4.79 Å². The number of ether oxygens (including phenoxy) is 2. The molecule has 7 heteroatoms. The largest absolute Gasteiger partial charge is 0.457 e. The Labute approximate surface area is 114 Å². The van der Waals surface area contributed by atoms with E-state index in [0.29, 0.717) is 12.8 Å². The Balaban J connectivity index is 1.85. The van der Waals surface area contributed by atoms with Gasteiger partial charge in [-0.15, -0.1) is 11.3 Å². The van der Waals surface area contributed by atoms with Crippen LogP contribution in [0.25, 0.3) is 0 Å². The fourth-order valence-corrected chi connectivity index (χ4v) is 2.78. The third-order valence-electron chi connectivity index (χ3n) is 2.95. The molecule has 2 N–H and O–H groups in total. The summed E-state index contributed by atoms with van der Waals surface area (Å²) in [6.45, 7) is 3.97. The number of aromatic nitrogens is 1. The van der Waals surface area contributed by atoms with E-state index in [-0.39, 0.29) is 6.61 Å². The number of amides is 1. The lowest BCUT2D eigenvalue weighted by Gasteiger charge is -2.10. The lowest BCUT2D eigenvalue weighted by atomic mass is 10.2. The van der Waals surface area contributed by atoms with Crippen molar-refractivity contribution >= 4 is 23.2 Å². The first-order chi connectivity index (χ1) is 8.97. The topological polar surface area (TPSA) is 91.5 Å². The Morgan fingerprint density at radius 2 is 2.11 bits per heavy atom. The number of hydrogen-bond donors (Lipinski definition) is 1. The number of aryl methyl sites for hydroxylation is 2. The van der Waals surface area contributed by atoms with Gasteiger partial charge in [0, 0.05) is 4.88 Å². The zero-order valence-corrected chi connectivity index (χ0v) is 11.7. The zero-order chi connectivity index (χ0) is 14.0. The molecule has 0 unspecified atom stereocenters. The number of primary amides is 1. The number of carbonyl (C=O) groups is 2. The highest BCUT2D eigenvalue weighted by molar-refractivity contribution is 7.11. The minimum absolute atomic E-state index is 0.135. The predicted octanol–water partition coefficient (Wildman–Crippen LogP) is 0.836. The lowest BCUT2D eigenvalue weighted by molar-refractivity contribution is -0.158. The molecule has 1 aliphatic rings. The molecule has 0 aromatic carbocycles. The molecule has 1 aromatic heterocycles. The molecule has 0 bridgehead atoms. The first-order valence-corrected chi connectivity index (χ1v) is 6.83. The van der Waals surface area contributed by atoms with E-state index in [1.165, 1.54) is 0 Å². The van der Waals surface area contributed by atoms with Crippen LogP contribution in [0.4, 0.5) is 0 Å². The molecular formula is C12H16N2O4S. The first-order valence-electron chi connectivity index (χ1n) is 6.01. The summed E-state index contributed by atoms with van der Waals surface area (Å²) in [5.41, 5.74) is 5.89. The van der Waals surface area contributed by atoms with Gasteiger partial charge in [0.1, 0.15) is 12.7 Å². The standard InChI is InChI=1S/C12H16N2O4S/c1-6-8(14-7(2)19-6)5-17-12(16)10-4-3-9(18-10)11(13)15/h9-10H,3-5H2,1-2H3,(H2,13,15)/t9-,10+/m1/s1. The maximum atomic E-state index is 11.8. The normalized spacial score (nSPS) is 22.4. The van der Waals surface area contributed by atoms with Crippen LogP contribution < -0.4 is 5.73 Å². The van der Waals surface area contributed by atoms with Crippen LogP contribution in [-0.2, 0) is 25.7 Å². The number of esters is 1. The number of hydrogen-bond acceptors (Lipinski definition) is 6. The molecule has 1 fully saturated rings. The monoisotopic (exact) mass is 284 g/mol. The van der Waals surface area contributed by atoms with Crippen LogP contribution in [0.5, 0.6) is 0 Å². The van der Waals surface area contributed by atoms with Gasteiger partial charge >= 0.3 is 5.97 Å². The van der Waals surface area contributed by atoms with E-state index in [9.17, 15) is 9.59 Å². The van der Waals surface area contributed by atoms with E-state index >= 15 is 0 Å². The molecule has 0 spiro atoms. The highest BCUT2D eigenvalue weighted by Gasteiger charge is 2.34. The molecule has 0 radical (unpaired) electrons. The molecule has 1 aromatic rings. The number of nitrogens with zero attached hydrogens (tertiary/aromatic N) is 1. The van der Waals surface area contributed by atoms with E-state index in [2.05, 4.69) is 4.98 Å². The highest BCUT2D eigenvalue weighted by atomic mass is 32.1. The van der Waals surface area contributed by atoms with E-state index in [4.69, 9.17) is 15.2 Å². The lowest BCUT2D eigenvalue weighted by Crippen LogP contribution is -2.31. The van der Waals surface area contributed by atoms with E-state index in [0.717, 1.165) is 15.6 Å². The quantitative estimate of drug-likeness (QED) is 0.827. The van der Waals surface area contributed by atoms with Crippen LogP contribution >= 0.6 is 11.3 Å². The molecule has 0 aliphatic carbocycles. The summed E-state index contributed by atoms with van der Waals surface area (Å²) in [5.74, 6) is -1.00. The van der Waals surface area contributed by atoms with E-state index < -0.39 is 24.1 Å². The van der Waals surface area contributed by atoms with Crippen LogP contribution in [0.3, 0.4) is 0 Å². The molecule has 6 nitrogen and oxygen atoms in total. The van der Waals surface area contributed by atoms with Crippen molar-refractivity contribution in [1.82, 2.24) is 4.98 Å². The summed E-state index contributed by atoms with van der Waals surface area (Å²) in [6.07, 6.45) is -0.454. The Morgan fingerprint density at radius 1 is 1.42 bits per heavy atom. The molecule has 2 atom stereocenters. The third kappa shape index (κ3) is 3.30. The Hall–Kier alpha value is -1.47. The van der Waals surface area contributed by atoms with Gasteiger partial charge < -0.3 is 15.2 Å². The molecule has 104 valence electrons. The van der Waals surface area contributed by atoms with Crippen molar-refractivity contribution in [2.75, 3.05) is 0 Å². The number of thiazole rings is 1. The molecule has 19 heavy (non-hydrogen) atoms. The summed E-state index contributed by atoms with van der Waals surface area (Å²) < 4.78 is 10.4. The number of nitrogens with two attached hydrogens (primary N) is 1. The Morgan fingerprint density at radius 3 is 2.63 bits per heavy atom. The van der Waals surface area contributed by atoms with Gasteiger partial charge in [-0.25, -0.2) is 9.78 Å². The fraction of sp³-hybridized carbons (Fsp3) is 0.583. The van der Waals surface area contributed by atoms with Gasteiger partial charge in [0.25, 0.3) is 0 Å². The second-order valence-electron chi connectivity index (χ2n) is 4.44. The number of rotatable bonds is 4. The zero-order valence-electron chi connectivity index (χ0n) is 10.8. The Kier molecular flexibility index (Phi) is 4.16. The summed E-state index contributed by atoms with van der Waals surface area (Å²) in [6, 6.07) is 0. The molecular weight excluding hydrogens is 268 g/mol. The summed E-state index contributed by atoms with van der Waals surface area (Å²) in [4.78, 5) is 28.0. The molecule has 1 aliphatic heterocycles. The van der Waals surface area contributed by atoms with Gasteiger partial charge in [-0.1, -0.05) is 0 Å². The van der Waals surface area contributed by atoms with Crippen molar-refractivity contribution in [3.05, 3.63) is 15.6 Å². The average molecular weight is 284 g/mol. The summed E-state index contributed by atoms with van der Waals surface area (Å²) >= 11 is 1.56. The van der Waals surface area contributed by atoms with Crippen molar-refractivity contribution < 1.29 is 19.1 Å². The van der Waals surface area contributed by atoms with Crippen LogP contribution in [0, 0.1) is 13.8 Å². The molecule has 0 saturated carbocycles. The third-order valence-corrected chi connectivity index (χ3v) is 3.88. The van der Waals surface area contributed by atoms with Crippen LogP contribution in [0.1, 0.15) is 28.4 Å². The minimum Gasteiger partial charge on any atom is -0.457 e. The molecule has 1 saturated heterocycles. The second kappa shape index (κ2) is 5.66. The van der Waals surface area contributed by atoms with Gasteiger partial charge in [0.15, 0.2) is 6.10 Å². The predicted molar refractivity (Wildman–Crippen MR) is 68.5 cm³/mol. The SMILES string of the molecule is Cc1nc(COC(=O)[C@@H]2CC[C@H](C(N)=O)O2)c(C)s1. The van der Waals surface area contributed by atoms with Gasteiger partial charge in [-0.2, -0.15) is 0 Å². The van der Waals surface area contributed by atoms with Gasteiger partial charge in [0.05, 0.1) is 10.7 Å². The van der Waals surface area contributed by atoms with Crippen molar-refractivity contribution in [3.63, 3.8) is 0 Å². The van der Waals surface area contributed by atoms with Crippen LogP contribution in [0.2, 0.25) is 0 Å². The molecule has 2 heterocycles. The smallest absolute Gasteiger partial charge is 0.335 e. The maximum Gasteiger partial charge on any atom is 0.335 e. The van der Waals surface area contributed by atoms with Crippen molar-refractivity contribution in [2.24, 2.45) is 5.73 Å². The van der Waals surface area contributed by atoms with Gasteiger partial charge in [0.2, 0.25) is 5.91 Å². The minimum atomic E-state index is -0.697. The fourth-order valence-electron chi connectivity index (χ4n) is 1.96. The maximum absolute atomic E-state index is 11.8. The molecule has 2 rings (SSSR count). The van der Waals surface area contributed by atoms with E-state index in [1.54, 1.807) is 11.3 Å². The number of carbonyl (C=O) groups excluding carboxylic acids is 2. The van der Waals surface area contributed by atoms with Crippen LogP contribution in [-0.4, -0.2) is 29.1 Å². The summed E-state index contributed by atoms with van der Waals surface area (Å²) in [5, 5.41) is 0.939. The van der Waals surface area contributed by atoms with Crippen molar-refractivity contribution in [2.45, 2.75) is 45.5 Å². The second-order valence-corrected chi connectivity index (χ2v) is 5.84. The van der Waals surface area contributed by atoms with Crippen LogP contribution in [0.15, 0.2) is 0 Å². The summed E-state index contributed by atoms with van der Waals surface area (Å²) in [7, 11) is 0. The first kappa shape index (κ1) is 14.0. The van der Waals surface area contributed by atoms with Gasteiger partial charge in [-0.05, 0) is 26.7 Å². The molecule has 1 amide bonds.